The lowest BCUT2D eigenvalue weighted by Crippen LogP contribution is -2.19. The molecule has 5 nitrogen and oxygen atoms in total. The highest BCUT2D eigenvalue weighted by molar-refractivity contribution is 14.1. The highest BCUT2D eigenvalue weighted by atomic mass is 127. The second-order valence-corrected chi connectivity index (χ2v) is 3.94. The molecule has 0 spiro atoms. The molecule has 0 aliphatic carbocycles. The summed E-state index contributed by atoms with van der Waals surface area (Å²) in [7, 11) is 0. The van der Waals surface area contributed by atoms with E-state index in [4.69, 9.17) is 0 Å². The molecule has 0 aliphatic rings. The number of rotatable bonds is 3. The van der Waals surface area contributed by atoms with E-state index in [1.54, 1.807) is 0 Å². The predicted octanol–water partition coefficient (Wildman–Crippen LogP) is 3.43. The van der Waals surface area contributed by atoms with Gasteiger partial charge in [-0.3, -0.25) is 0 Å². The van der Waals surface area contributed by atoms with E-state index < -0.39 is 35.0 Å². The number of hydrogen-bond acceptors (Lipinski definition) is 4. The van der Waals surface area contributed by atoms with Crippen molar-refractivity contribution < 1.29 is 31.6 Å². The molecule has 1 rings (SSSR count). The fourth-order valence-corrected chi connectivity index (χ4v) is 1.57. The van der Waals surface area contributed by atoms with E-state index in [0.29, 0.717) is 6.07 Å². The number of alkyl halides is 5. The van der Waals surface area contributed by atoms with E-state index in [-0.39, 0.29) is 3.57 Å². The molecule has 0 atom stereocenters. The maximum atomic E-state index is 12.4. The first-order chi connectivity index (χ1) is 8.11. The maximum Gasteiger partial charge on any atom is 0.573 e. The Morgan fingerprint density at radius 1 is 1.44 bits per heavy atom. The van der Waals surface area contributed by atoms with Crippen LogP contribution in [0.5, 0.6) is 5.75 Å². The Labute approximate surface area is 109 Å². The standard InChI is InChI=1S/C7H2F5IN2O3/c8-5(9)4-3(18-7(10,11)12)1-2(13)6(14-4)15(16)17/h1,5H. The van der Waals surface area contributed by atoms with Crippen molar-refractivity contribution in [2.45, 2.75) is 12.8 Å². The quantitative estimate of drug-likeness (QED) is 0.347. The molecule has 0 aliphatic heterocycles. The summed E-state index contributed by atoms with van der Waals surface area (Å²) in [6.07, 6.45) is -8.62. The maximum absolute atomic E-state index is 12.4. The van der Waals surface area contributed by atoms with Crippen LogP contribution in [0.25, 0.3) is 0 Å². The van der Waals surface area contributed by atoms with Gasteiger partial charge >= 0.3 is 18.6 Å². The molecule has 1 aromatic heterocycles. The largest absolute Gasteiger partial charge is 0.573 e. The zero-order valence-electron chi connectivity index (χ0n) is 8.04. The van der Waals surface area contributed by atoms with Gasteiger partial charge in [-0.2, -0.15) is 0 Å². The van der Waals surface area contributed by atoms with Crippen molar-refractivity contribution in [2.24, 2.45) is 0 Å². The first-order valence-electron chi connectivity index (χ1n) is 4.00. The van der Waals surface area contributed by atoms with Gasteiger partial charge in [0.1, 0.15) is 3.57 Å². The van der Waals surface area contributed by atoms with Crippen LogP contribution in [-0.2, 0) is 0 Å². The molecule has 0 bridgehead atoms. The average Bonchev–Trinajstić information content (AvgIpc) is 2.13. The minimum Gasteiger partial charge on any atom is -0.401 e. The number of nitrogens with zero attached hydrogens (tertiary/aromatic N) is 2. The zero-order chi connectivity index (χ0) is 14.1. The summed E-state index contributed by atoms with van der Waals surface area (Å²) in [5.41, 5.74) is -1.43. The van der Waals surface area contributed by atoms with Crippen LogP contribution in [0.4, 0.5) is 27.8 Å². The van der Waals surface area contributed by atoms with Crippen molar-refractivity contribution in [1.29, 1.82) is 0 Å². The second-order valence-electron chi connectivity index (χ2n) is 2.78. The highest BCUT2D eigenvalue weighted by Crippen LogP contribution is 2.35. The Bertz CT molecular complexity index is 479. The SMILES string of the molecule is O=[N+]([O-])c1nc(C(F)F)c(OC(F)(F)F)cc1I. The molecule has 0 fully saturated rings. The first kappa shape index (κ1) is 14.8. The van der Waals surface area contributed by atoms with Crippen molar-refractivity contribution in [3.63, 3.8) is 0 Å². The number of nitro groups is 1. The van der Waals surface area contributed by atoms with Crippen LogP contribution in [0.15, 0.2) is 6.07 Å². The third-order valence-electron chi connectivity index (χ3n) is 1.56. The highest BCUT2D eigenvalue weighted by Gasteiger charge is 2.37. The van der Waals surface area contributed by atoms with Gasteiger partial charge in [-0.15, -0.1) is 13.2 Å². The van der Waals surface area contributed by atoms with E-state index in [1.165, 1.54) is 22.6 Å². The van der Waals surface area contributed by atoms with Crippen molar-refractivity contribution in [3.8, 4) is 5.75 Å². The van der Waals surface area contributed by atoms with E-state index in [1.807, 2.05) is 0 Å². The van der Waals surface area contributed by atoms with Gasteiger partial charge in [0.25, 0.3) is 5.69 Å². The van der Waals surface area contributed by atoms with Gasteiger partial charge in [-0.25, -0.2) is 8.78 Å². The summed E-state index contributed by atoms with van der Waals surface area (Å²) in [5.74, 6) is -2.21. The van der Waals surface area contributed by atoms with Gasteiger partial charge in [0.2, 0.25) is 0 Å². The molecule has 1 heterocycles. The van der Waals surface area contributed by atoms with Crippen LogP contribution in [-0.4, -0.2) is 16.3 Å². The zero-order valence-corrected chi connectivity index (χ0v) is 10.2. The summed E-state index contributed by atoms with van der Waals surface area (Å²) in [6, 6.07) is 0.487. The number of ether oxygens (including phenoxy) is 1. The molecule has 0 saturated heterocycles. The predicted molar refractivity (Wildman–Crippen MR) is 55.2 cm³/mol. The Hall–Kier alpha value is -1.27. The van der Waals surface area contributed by atoms with Gasteiger partial charge in [0.15, 0.2) is 5.75 Å². The Balaban J connectivity index is 3.34. The normalized spacial score (nSPS) is 11.7. The molecule has 0 saturated carbocycles. The van der Waals surface area contributed by atoms with Crippen LogP contribution in [0.1, 0.15) is 12.1 Å². The number of aromatic nitrogens is 1. The van der Waals surface area contributed by atoms with Crippen LogP contribution < -0.4 is 4.74 Å². The average molecular weight is 384 g/mol. The van der Waals surface area contributed by atoms with E-state index in [0.717, 1.165) is 0 Å². The van der Waals surface area contributed by atoms with Crippen molar-refractivity contribution >= 4 is 28.4 Å². The summed E-state index contributed by atoms with van der Waals surface area (Å²) in [4.78, 5) is 12.2. The molecular weight excluding hydrogens is 382 g/mol. The summed E-state index contributed by atoms with van der Waals surface area (Å²) < 4.78 is 63.7. The van der Waals surface area contributed by atoms with Crippen LogP contribution in [0.3, 0.4) is 0 Å². The molecular formula is C7H2F5IN2O3. The summed E-state index contributed by atoms with van der Waals surface area (Å²) in [5, 5.41) is 10.4. The van der Waals surface area contributed by atoms with E-state index in [9.17, 15) is 32.1 Å². The number of halogens is 6. The molecule has 0 N–H and O–H groups in total. The van der Waals surface area contributed by atoms with Crippen molar-refractivity contribution in [3.05, 3.63) is 25.4 Å². The number of pyridine rings is 1. The van der Waals surface area contributed by atoms with Gasteiger partial charge in [-0.05, 0) is 32.5 Å². The molecule has 11 heteroatoms. The Morgan fingerprint density at radius 2 is 2.00 bits per heavy atom. The van der Waals surface area contributed by atoms with Gasteiger partial charge in [-0.1, -0.05) is 0 Å². The van der Waals surface area contributed by atoms with E-state index >= 15 is 0 Å². The minimum absolute atomic E-state index is 0.346. The topological polar surface area (TPSA) is 65.3 Å². The molecule has 1 aromatic rings. The van der Waals surface area contributed by atoms with Gasteiger partial charge in [0.05, 0.1) is 0 Å². The Kier molecular flexibility index (Phi) is 4.24. The van der Waals surface area contributed by atoms with Crippen LogP contribution in [0.2, 0.25) is 0 Å². The fourth-order valence-electron chi connectivity index (χ4n) is 0.967. The smallest absolute Gasteiger partial charge is 0.401 e. The third kappa shape index (κ3) is 3.61. The molecule has 0 amide bonds. The monoisotopic (exact) mass is 384 g/mol. The van der Waals surface area contributed by atoms with Crippen molar-refractivity contribution in [2.75, 3.05) is 0 Å². The molecule has 0 unspecified atom stereocenters. The van der Waals surface area contributed by atoms with Gasteiger partial charge in [0, 0.05) is 6.07 Å². The third-order valence-corrected chi connectivity index (χ3v) is 2.35. The lowest BCUT2D eigenvalue weighted by Gasteiger charge is -2.10. The lowest BCUT2D eigenvalue weighted by atomic mass is 10.3. The first-order valence-corrected chi connectivity index (χ1v) is 5.08. The second kappa shape index (κ2) is 5.16. The van der Waals surface area contributed by atoms with Crippen molar-refractivity contribution in [1.82, 2.24) is 4.98 Å². The van der Waals surface area contributed by atoms with Gasteiger partial charge < -0.3 is 14.9 Å². The van der Waals surface area contributed by atoms with Crippen LogP contribution in [0, 0.1) is 13.7 Å². The van der Waals surface area contributed by atoms with E-state index in [2.05, 4.69) is 9.72 Å². The summed E-state index contributed by atoms with van der Waals surface area (Å²) in [6.45, 7) is 0. The molecule has 18 heavy (non-hydrogen) atoms. The molecule has 0 aromatic carbocycles. The Morgan fingerprint density at radius 3 is 2.39 bits per heavy atom. The minimum atomic E-state index is -5.19. The molecule has 100 valence electrons. The molecule has 0 radical (unpaired) electrons. The van der Waals surface area contributed by atoms with Crippen LogP contribution >= 0.6 is 22.6 Å². The lowest BCUT2D eigenvalue weighted by molar-refractivity contribution is -0.390. The number of hydrogen-bond donors (Lipinski definition) is 0. The summed E-state index contributed by atoms with van der Waals surface area (Å²) >= 11 is 1.30. The fraction of sp³-hybridized carbons (Fsp3) is 0.286.